The van der Waals surface area contributed by atoms with Crippen LogP contribution >= 0.6 is 0 Å². The van der Waals surface area contributed by atoms with Crippen LogP contribution in [0.15, 0.2) is 18.2 Å². The molecule has 1 saturated carbocycles. The van der Waals surface area contributed by atoms with Gasteiger partial charge in [0.15, 0.2) is 0 Å². The zero-order valence-electron chi connectivity index (χ0n) is 13.2. The van der Waals surface area contributed by atoms with Crippen molar-refractivity contribution in [3.05, 3.63) is 35.4 Å². The normalized spacial score (nSPS) is 17.6. The van der Waals surface area contributed by atoms with Crippen molar-refractivity contribution in [2.45, 2.75) is 64.8 Å². The van der Waals surface area contributed by atoms with Crippen LogP contribution in [0.25, 0.3) is 0 Å². The molecular weight excluding hydrogens is 268 g/mol. The maximum absolute atomic E-state index is 13.7. The number of aryl methyl sites for hydroxylation is 1. The zero-order valence-corrected chi connectivity index (χ0v) is 13.2. The van der Waals surface area contributed by atoms with Crippen molar-refractivity contribution >= 4 is 0 Å². The second-order valence-corrected chi connectivity index (χ2v) is 6.80. The third kappa shape index (κ3) is 4.77. The first-order chi connectivity index (χ1) is 10.0. The molecule has 0 spiro atoms. The molecule has 21 heavy (non-hydrogen) atoms. The molecule has 0 aromatic heterocycles. The first kappa shape index (κ1) is 16.4. The molecule has 0 atom stereocenters. The SMILES string of the molecule is CC(C)NCCC1(CCc2cc(F)ccc2F)CCCC1. The molecule has 1 aromatic rings. The molecule has 1 N–H and O–H groups in total. The van der Waals surface area contributed by atoms with Gasteiger partial charge in [0.05, 0.1) is 0 Å². The smallest absolute Gasteiger partial charge is 0.126 e. The van der Waals surface area contributed by atoms with Gasteiger partial charge in [0.2, 0.25) is 0 Å². The second-order valence-electron chi connectivity index (χ2n) is 6.80. The van der Waals surface area contributed by atoms with Crippen molar-refractivity contribution < 1.29 is 8.78 Å². The Morgan fingerprint density at radius 1 is 1.14 bits per heavy atom. The minimum atomic E-state index is -0.339. The second kappa shape index (κ2) is 7.35. The minimum absolute atomic E-state index is 0.273. The van der Waals surface area contributed by atoms with Gasteiger partial charge in [0.25, 0.3) is 0 Å². The summed E-state index contributed by atoms with van der Waals surface area (Å²) in [6.07, 6.45) is 7.74. The summed E-state index contributed by atoms with van der Waals surface area (Å²) in [5.41, 5.74) is 0.846. The maximum Gasteiger partial charge on any atom is 0.126 e. The summed E-state index contributed by atoms with van der Waals surface area (Å²) >= 11 is 0. The molecule has 0 radical (unpaired) electrons. The van der Waals surface area contributed by atoms with Crippen LogP contribution in [0.3, 0.4) is 0 Å². The predicted molar refractivity (Wildman–Crippen MR) is 83.3 cm³/mol. The fraction of sp³-hybridized carbons (Fsp3) is 0.667. The molecular formula is C18H27F2N. The highest BCUT2D eigenvalue weighted by atomic mass is 19.1. The summed E-state index contributed by atoms with van der Waals surface area (Å²) in [5.74, 6) is -0.613. The topological polar surface area (TPSA) is 12.0 Å². The Hall–Kier alpha value is -0.960. The van der Waals surface area contributed by atoms with Gasteiger partial charge in [0.1, 0.15) is 11.6 Å². The molecule has 2 rings (SSSR count). The highest BCUT2D eigenvalue weighted by Gasteiger charge is 2.33. The molecule has 1 aliphatic carbocycles. The fourth-order valence-corrected chi connectivity index (χ4v) is 3.51. The quantitative estimate of drug-likeness (QED) is 0.758. The first-order valence-electron chi connectivity index (χ1n) is 8.18. The molecule has 1 fully saturated rings. The van der Waals surface area contributed by atoms with Crippen LogP contribution in [-0.4, -0.2) is 12.6 Å². The van der Waals surface area contributed by atoms with E-state index >= 15 is 0 Å². The summed E-state index contributed by atoms with van der Waals surface area (Å²) in [4.78, 5) is 0. The van der Waals surface area contributed by atoms with Crippen LogP contribution in [0, 0.1) is 17.0 Å². The maximum atomic E-state index is 13.7. The number of hydrogen-bond acceptors (Lipinski definition) is 1. The molecule has 1 aliphatic rings. The molecule has 1 aromatic carbocycles. The summed E-state index contributed by atoms with van der Waals surface area (Å²) in [6, 6.07) is 4.29. The Bertz CT molecular complexity index is 451. The summed E-state index contributed by atoms with van der Waals surface area (Å²) in [6.45, 7) is 5.33. The van der Waals surface area contributed by atoms with Gasteiger partial charge in [-0.3, -0.25) is 0 Å². The Morgan fingerprint density at radius 3 is 2.52 bits per heavy atom. The molecule has 0 saturated heterocycles. The molecule has 0 aliphatic heterocycles. The summed E-state index contributed by atoms with van der Waals surface area (Å²) < 4.78 is 27.0. The van der Waals surface area contributed by atoms with Crippen LogP contribution in [0.1, 0.15) is 57.9 Å². The van der Waals surface area contributed by atoms with Crippen LogP contribution < -0.4 is 5.32 Å². The van der Waals surface area contributed by atoms with E-state index in [1.165, 1.54) is 43.9 Å². The monoisotopic (exact) mass is 295 g/mol. The van der Waals surface area contributed by atoms with Crippen LogP contribution in [0.4, 0.5) is 8.78 Å². The molecule has 118 valence electrons. The highest BCUT2D eigenvalue weighted by molar-refractivity contribution is 5.19. The van der Waals surface area contributed by atoms with E-state index in [-0.39, 0.29) is 11.6 Å². The van der Waals surface area contributed by atoms with E-state index in [1.54, 1.807) is 0 Å². The van der Waals surface area contributed by atoms with Crippen LogP contribution in [-0.2, 0) is 6.42 Å². The lowest BCUT2D eigenvalue weighted by atomic mass is 9.77. The van der Waals surface area contributed by atoms with Crippen molar-refractivity contribution in [1.29, 1.82) is 0 Å². The Morgan fingerprint density at radius 2 is 1.86 bits per heavy atom. The molecule has 0 unspecified atom stereocenters. The molecule has 1 nitrogen and oxygen atoms in total. The van der Waals surface area contributed by atoms with Gasteiger partial charge < -0.3 is 5.32 Å². The van der Waals surface area contributed by atoms with Crippen LogP contribution in [0.2, 0.25) is 0 Å². The van der Waals surface area contributed by atoms with Gasteiger partial charge in [0, 0.05) is 6.04 Å². The fourth-order valence-electron chi connectivity index (χ4n) is 3.51. The minimum Gasteiger partial charge on any atom is -0.315 e. The van der Waals surface area contributed by atoms with Gasteiger partial charge in [-0.15, -0.1) is 0 Å². The van der Waals surface area contributed by atoms with E-state index < -0.39 is 0 Å². The van der Waals surface area contributed by atoms with Gasteiger partial charge in [-0.1, -0.05) is 26.7 Å². The van der Waals surface area contributed by atoms with Crippen molar-refractivity contribution in [3.63, 3.8) is 0 Å². The zero-order chi connectivity index (χ0) is 15.3. The number of rotatable bonds is 7. The largest absolute Gasteiger partial charge is 0.315 e. The average Bonchev–Trinajstić information content (AvgIpc) is 2.89. The lowest BCUT2D eigenvalue weighted by Crippen LogP contribution is -2.29. The van der Waals surface area contributed by atoms with Gasteiger partial charge in [-0.25, -0.2) is 8.78 Å². The van der Waals surface area contributed by atoms with E-state index in [0.29, 0.717) is 23.4 Å². The average molecular weight is 295 g/mol. The number of benzene rings is 1. The van der Waals surface area contributed by atoms with Gasteiger partial charge in [-0.2, -0.15) is 0 Å². The number of nitrogens with one attached hydrogen (secondary N) is 1. The first-order valence-corrected chi connectivity index (χ1v) is 8.18. The predicted octanol–water partition coefficient (Wildman–Crippen LogP) is 4.85. The Kier molecular flexibility index (Phi) is 5.74. The lowest BCUT2D eigenvalue weighted by Gasteiger charge is -2.30. The Balaban J connectivity index is 1.94. The van der Waals surface area contributed by atoms with E-state index in [1.807, 2.05) is 0 Å². The van der Waals surface area contributed by atoms with Crippen molar-refractivity contribution in [1.82, 2.24) is 5.32 Å². The van der Waals surface area contributed by atoms with E-state index in [0.717, 1.165) is 19.4 Å². The molecule has 0 amide bonds. The number of halogens is 2. The molecule has 0 bridgehead atoms. The Labute approximate surface area is 127 Å². The van der Waals surface area contributed by atoms with Gasteiger partial charge >= 0.3 is 0 Å². The lowest BCUT2D eigenvalue weighted by molar-refractivity contribution is 0.242. The van der Waals surface area contributed by atoms with Crippen molar-refractivity contribution in [3.8, 4) is 0 Å². The molecule has 3 heteroatoms. The van der Waals surface area contributed by atoms with E-state index in [9.17, 15) is 8.78 Å². The standard InChI is InChI=1S/C18H27F2N/c1-14(2)21-12-11-18(8-3-4-9-18)10-7-15-13-16(19)5-6-17(15)20/h5-6,13-14,21H,3-4,7-12H2,1-2H3. The summed E-state index contributed by atoms with van der Waals surface area (Å²) in [7, 11) is 0. The van der Waals surface area contributed by atoms with Crippen molar-refractivity contribution in [2.75, 3.05) is 6.54 Å². The number of hydrogen-bond donors (Lipinski definition) is 1. The van der Waals surface area contributed by atoms with Gasteiger partial charge in [-0.05, 0) is 67.8 Å². The van der Waals surface area contributed by atoms with E-state index in [4.69, 9.17) is 0 Å². The molecule has 0 heterocycles. The van der Waals surface area contributed by atoms with Crippen molar-refractivity contribution in [2.24, 2.45) is 5.41 Å². The summed E-state index contributed by atoms with van der Waals surface area (Å²) in [5, 5.41) is 3.48. The third-order valence-electron chi connectivity index (χ3n) is 4.80. The van der Waals surface area contributed by atoms with E-state index in [2.05, 4.69) is 19.2 Å². The third-order valence-corrected chi connectivity index (χ3v) is 4.80. The van der Waals surface area contributed by atoms with Crippen LogP contribution in [0.5, 0.6) is 0 Å². The highest BCUT2D eigenvalue weighted by Crippen LogP contribution is 2.44.